The summed E-state index contributed by atoms with van der Waals surface area (Å²) in [5, 5.41) is 6.61. The molecule has 0 saturated carbocycles. The fourth-order valence-electron chi connectivity index (χ4n) is 3.81. The number of ether oxygens (including phenoxy) is 1. The Kier molecular flexibility index (Phi) is 5.47. The lowest BCUT2D eigenvalue weighted by Crippen LogP contribution is -2.40. The minimum Gasteiger partial charge on any atom is -0.495 e. The van der Waals surface area contributed by atoms with Crippen LogP contribution in [0.1, 0.15) is 19.8 Å². The summed E-state index contributed by atoms with van der Waals surface area (Å²) in [7, 11) is 1.54. The van der Waals surface area contributed by atoms with Crippen molar-refractivity contribution in [1.29, 1.82) is 0 Å². The van der Waals surface area contributed by atoms with E-state index >= 15 is 0 Å². The van der Waals surface area contributed by atoms with Crippen LogP contribution in [-0.2, 0) is 9.59 Å². The number of nitrogens with one attached hydrogen (secondary N) is 2. The van der Waals surface area contributed by atoms with E-state index in [9.17, 15) is 9.59 Å². The van der Waals surface area contributed by atoms with Crippen molar-refractivity contribution < 1.29 is 14.3 Å². The zero-order valence-electron chi connectivity index (χ0n) is 16.9. The second-order valence-electron chi connectivity index (χ2n) is 7.15. The molecule has 2 aromatic carbocycles. The lowest BCUT2D eigenvalue weighted by molar-refractivity contribution is -0.117. The van der Waals surface area contributed by atoms with Crippen molar-refractivity contribution in [2.45, 2.75) is 25.8 Å². The van der Waals surface area contributed by atoms with Gasteiger partial charge in [0.25, 0.3) is 0 Å². The average molecular weight is 405 g/mol. The monoisotopic (exact) mass is 405 g/mol. The lowest BCUT2D eigenvalue weighted by Gasteiger charge is -2.26. The van der Waals surface area contributed by atoms with Crippen molar-refractivity contribution >= 4 is 39.9 Å². The van der Waals surface area contributed by atoms with E-state index in [-0.39, 0.29) is 17.9 Å². The van der Waals surface area contributed by atoms with Gasteiger partial charge in [-0.3, -0.25) is 9.59 Å². The highest BCUT2D eigenvalue weighted by molar-refractivity contribution is 6.01. The second-order valence-corrected chi connectivity index (χ2v) is 7.15. The quantitative estimate of drug-likeness (QED) is 0.677. The third-order valence-electron chi connectivity index (χ3n) is 5.13. The number of carbonyl (C=O) groups excluding carboxylic acids is 2. The van der Waals surface area contributed by atoms with Gasteiger partial charge in [0, 0.05) is 24.5 Å². The van der Waals surface area contributed by atoms with Crippen molar-refractivity contribution in [2.24, 2.45) is 0 Å². The normalized spacial score (nSPS) is 15.8. The minimum absolute atomic E-state index is 0.145. The Morgan fingerprint density at radius 1 is 1.13 bits per heavy atom. The molecule has 0 bridgehead atoms. The van der Waals surface area contributed by atoms with Crippen LogP contribution in [0, 0.1) is 0 Å². The van der Waals surface area contributed by atoms with Crippen molar-refractivity contribution in [3.05, 3.63) is 48.8 Å². The maximum Gasteiger partial charge on any atom is 0.247 e. The van der Waals surface area contributed by atoms with Gasteiger partial charge in [-0.2, -0.15) is 0 Å². The SMILES string of the molecule is COc1ccc(NC(C)=O)cc1NC(=O)[C@H]1CCCN1c1ncnc2ccccc12. The Labute approximate surface area is 174 Å². The van der Waals surface area contributed by atoms with Crippen LogP contribution < -0.4 is 20.3 Å². The van der Waals surface area contributed by atoms with E-state index in [0.717, 1.165) is 36.1 Å². The molecule has 0 aliphatic carbocycles. The zero-order chi connectivity index (χ0) is 21.1. The van der Waals surface area contributed by atoms with E-state index in [2.05, 4.69) is 20.6 Å². The van der Waals surface area contributed by atoms with Crippen molar-refractivity contribution in [2.75, 3.05) is 29.2 Å². The zero-order valence-corrected chi connectivity index (χ0v) is 16.9. The van der Waals surface area contributed by atoms with Crippen LogP contribution in [0.5, 0.6) is 5.75 Å². The molecule has 1 atom stereocenters. The highest BCUT2D eigenvalue weighted by Gasteiger charge is 2.33. The highest BCUT2D eigenvalue weighted by atomic mass is 16.5. The summed E-state index contributed by atoms with van der Waals surface area (Å²) in [6.07, 6.45) is 3.14. The first-order chi connectivity index (χ1) is 14.6. The van der Waals surface area contributed by atoms with Gasteiger partial charge in [-0.15, -0.1) is 0 Å². The molecule has 8 nitrogen and oxygen atoms in total. The number of carbonyl (C=O) groups is 2. The van der Waals surface area contributed by atoms with Gasteiger partial charge < -0.3 is 20.3 Å². The number of hydrogen-bond acceptors (Lipinski definition) is 6. The highest BCUT2D eigenvalue weighted by Crippen LogP contribution is 2.32. The maximum atomic E-state index is 13.2. The third-order valence-corrected chi connectivity index (χ3v) is 5.13. The van der Waals surface area contributed by atoms with Gasteiger partial charge in [0.2, 0.25) is 11.8 Å². The second kappa shape index (κ2) is 8.36. The molecule has 0 spiro atoms. The van der Waals surface area contributed by atoms with Gasteiger partial charge in [-0.05, 0) is 43.2 Å². The van der Waals surface area contributed by atoms with Crippen LogP contribution in [0.2, 0.25) is 0 Å². The Morgan fingerprint density at radius 2 is 1.97 bits per heavy atom. The standard InChI is InChI=1S/C22H23N5O3/c1-14(28)25-15-9-10-20(30-2)18(12-15)26-22(29)19-8-5-11-27(19)21-16-6-3-4-7-17(16)23-13-24-21/h3-4,6-7,9-10,12-13,19H,5,8,11H2,1-2H3,(H,25,28)(H,26,29)/t19-/m1/s1. The summed E-state index contributed by atoms with van der Waals surface area (Å²) >= 11 is 0. The van der Waals surface area contributed by atoms with E-state index in [1.165, 1.54) is 20.4 Å². The molecule has 1 fully saturated rings. The first kappa shape index (κ1) is 19.6. The molecule has 1 aliphatic rings. The van der Waals surface area contributed by atoms with Crippen LogP contribution >= 0.6 is 0 Å². The molecule has 0 unspecified atom stereocenters. The molecule has 2 N–H and O–H groups in total. The topological polar surface area (TPSA) is 96.5 Å². The number of rotatable bonds is 5. The van der Waals surface area contributed by atoms with Crippen LogP contribution in [0.3, 0.4) is 0 Å². The summed E-state index contributed by atoms with van der Waals surface area (Å²) in [5.74, 6) is 0.954. The number of para-hydroxylation sites is 1. The van der Waals surface area contributed by atoms with Crippen molar-refractivity contribution in [1.82, 2.24) is 9.97 Å². The number of anilines is 3. The average Bonchev–Trinajstić information content (AvgIpc) is 3.23. The molecule has 2 heterocycles. The van der Waals surface area contributed by atoms with E-state index < -0.39 is 0 Å². The first-order valence-corrected chi connectivity index (χ1v) is 9.79. The smallest absolute Gasteiger partial charge is 0.247 e. The molecular formula is C22H23N5O3. The van der Waals surface area contributed by atoms with Crippen LogP contribution in [0.4, 0.5) is 17.2 Å². The maximum absolute atomic E-state index is 13.2. The van der Waals surface area contributed by atoms with Crippen molar-refractivity contribution in [3.63, 3.8) is 0 Å². The van der Waals surface area contributed by atoms with Crippen LogP contribution in [0.25, 0.3) is 10.9 Å². The number of aromatic nitrogens is 2. The van der Waals surface area contributed by atoms with Gasteiger partial charge in [0.15, 0.2) is 0 Å². The largest absolute Gasteiger partial charge is 0.495 e. The summed E-state index contributed by atoms with van der Waals surface area (Å²) in [6, 6.07) is 12.5. The fraction of sp³-hybridized carbons (Fsp3) is 0.273. The van der Waals surface area contributed by atoms with Gasteiger partial charge in [0.1, 0.15) is 23.9 Å². The van der Waals surface area contributed by atoms with E-state index in [4.69, 9.17) is 4.74 Å². The summed E-state index contributed by atoms with van der Waals surface area (Å²) in [4.78, 5) is 35.4. The minimum atomic E-state index is -0.363. The molecule has 0 radical (unpaired) electrons. The summed E-state index contributed by atoms with van der Waals surface area (Å²) in [6.45, 7) is 2.17. The first-order valence-electron chi connectivity index (χ1n) is 9.79. The van der Waals surface area contributed by atoms with Gasteiger partial charge in [-0.25, -0.2) is 9.97 Å². The molecular weight excluding hydrogens is 382 g/mol. The molecule has 1 aliphatic heterocycles. The Bertz CT molecular complexity index is 1100. The van der Waals surface area contributed by atoms with Gasteiger partial charge >= 0.3 is 0 Å². The van der Waals surface area contributed by atoms with Crippen molar-refractivity contribution in [3.8, 4) is 5.75 Å². The number of benzene rings is 2. The molecule has 30 heavy (non-hydrogen) atoms. The molecule has 8 heteroatoms. The number of fused-ring (bicyclic) bond motifs is 1. The Morgan fingerprint density at radius 3 is 2.77 bits per heavy atom. The molecule has 4 rings (SSSR count). The van der Waals surface area contributed by atoms with E-state index in [0.29, 0.717) is 17.1 Å². The Hall–Kier alpha value is -3.68. The molecule has 3 aromatic rings. The number of methoxy groups -OCH3 is 1. The van der Waals surface area contributed by atoms with E-state index in [1.807, 2.05) is 29.2 Å². The lowest BCUT2D eigenvalue weighted by atomic mass is 10.1. The van der Waals surface area contributed by atoms with E-state index in [1.54, 1.807) is 18.2 Å². The predicted octanol–water partition coefficient (Wildman–Crippen LogP) is 3.20. The van der Waals surface area contributed by atoms with Crippen LogP contribution in [-0.4, -0.2) is 41.5 Å². The molecule has 154 valence electrons. The predicted molar refractivity (Wildman–Crippen MR) is 116 cm³/mol. The summed E-state index contributed by atoms with van der Waals surface area (Å²) in [5.41, 5.74) is 1.94. The third kappa shape index (κ3) is 3.89. The number of amides is 2. The number of nitrogens with zero attached hydrogens (tertiary/aromatic N) is 3. The van der Waals surface area contributed by atoms with Gasteiger partial charge in [-0.1, -0.05) is 12.1 Å². The molecule has 1 saturated heterocycles. The fourth-order valence-corrected chi connectivity index (χ4v) is 3.81. The number of hydrogen-bond donors (Lipinski definition) is 2. The molecule has 2 amide bonds. The van der Waals surface area contributed by atoms with Gasteiger partial charge in [0.05, 0.1) is 18.3 Å². The van der Waals surface area contributed by atoms with Crippen LogP contribution in [0.15, 0.2) is 48.8 Å². The molecule has 1 aromatic heterocycles. The Balaban J connectivity index is 1.61. The summed E-state index contributed by atoms with van der Waals surface area (Å²) < 4.78 is 5.38.